The van der Waals surface area contributed by atoms with Crippen LogP contribution < -0.4 is 5.32 Å². The summed E-state index contributed by atoms with van der Waals surface area (Å²) in [7, 11) is 0. The molecule has 0 fully saturated rings. The van der Waals surface area contributed by atoms with Crippen LogP contribution in [-0.2, 0) is 32.2 Å². The number of carbonyl (C=O) groups excluding carboxylic acids is 1. The van der Waals surface area contributed by atoms with E-state index in [2.05, 4.69) is 69.5 Å². The lowest BCUT2D eigenvalue weighted by Gasteiger charge is -2.15. The lowest BCUT2D eigenvalue weighted by Crippen LogP contribution is -2.15. The number of aromatic amines is 1. The molecule has 0 atom stereocenters. The minimum Gasteiger partial charge on any atom is -0.328 e. The number of imidazole rings is 1. The maximum Gasteiger partial charge on any atom is 0.273 e. The van der Waals surface area contributed by atoms with Gasteiger partial charge in [0.2, 0.25) is 0 Å². The summed E-state index contributed by atoms with van der Waals surface area (Å²) in [5.41, 5.74) is 9.07. The SMILES string of the molecule is CCn1c(CCc2ccc(NC(=O)c3[nH]nc4c3CCc3ccccc3-4)cc2)nc2ccccc21. The van der Waals surface area contributed by atoms with Crippen LogP contribution in [0.1, 0.15) is 39.9 Å². The van der Waals surface area contributed by atoms with Gasteiger partial charge in [-0.1, -0.05) is 48.5 Å². The Morgan fingerprint density at radius 1 is 0.971 bits per heavy atom. The van der Waals surface area contributed by atoms with Crippen LogP contribution in [0.5, 0.6) is 0 Å². The Hall–Kier alpha value is -4.19. The predicted octanol–water partition coefficient (Wildman–Crippen LogP) is 5.58. The molecule has 174 valence electrons. The van der Waals surface area contributed by atoms with Gasteiger partial charge in [-0.15, -0.1) is 0 Å². The number of H-pyrrole nitrogens is 1. The van der Waals surface area contributed by atoms with E-state index in [0.29, 0.717) is 5.69 Å². The molecule has 0 saturated carbocycles. The van der Waals surface area contributed by atoms with Crippen LogP contribution >= 0.6 is 0 Å². The lowest BCUT2D eigenvalue weighted by molar-refractivity contribution is 0.102. The molecule has 6 rings (SSSR count). The molecule has 2 heterocycles. The Morgan fingerprint density at radius 2 is 1.77 bits per heavy atom. The van der Waals surface area contributed by atoms with Crippen molar-refractivity contribution in [2.45, 2.75) is 39.2 Å². The molecule has 0 spiro atoms. The number of rotatable bonds is 6. The van der Waals surface area contributed by atoms with Crippen molar-refractivity contribution in [3.8, 4) is 11.3 Å². The molecule has 0 radical (unpaired) electrons. The highest BCUT2D eigenvalue weighted by molar-refractivity contribution is 6.05. The second-order valence-electron chi connectivity index (χ2n) is 8.99. The number of aryl methyl sites for hydroxylation is 4. The number of fused-ring (bicyclic) bond motifs is 4. The first-order valence-corrected chi connectivity index (χ1v) is 12.2. The van der Waals surface area contributed by atoms with Crippen LogP contribution in [0.15, 0.2) is 72.8 Å². The monoisotopic (exact) mass is 461 g/mol. The number of hydrogen-bond acceptors (Lipinski definition) is 3. The van der Waals surface area contributed by atoms with Gasteiger partial charge in [0.05, 0.1) is 16.7 Å². The molecule has 0 saturated heterocycles. The Kier molecular flexibility index (Phi) is 5.41. The molecular weight excluding hydrogens is 434 g/mol. The van der Waals surface area contributed by atoms with E-state index in [1.807, 2.05) is 30.3 Å². The van der Waals surface area contributed by atoms with E-state index in [1.165, 1.54) is 16.6 Å². The third-order valence-corrected chi connectivity index (χ3v) is 6.91. The van der Waals surface area contributed by atoms with E-state index < -0.39 is 0 Å². The highest BCUT2D eigenvalue weighted by atomic mass is 16.1. The van der Waals surface area contributed by atoms with E-state index in [1.54, 1.807) is 0 Å². The van der Waals surface area contributed by atoms with Gasteiger partial charge in [0, 0.05) is 29.8 Å². The molecule has 0 bridgehead atoms. The first-order chi connectivity index (χ1) is 17.2. The van der Waals surface area contributed by atoms with Crippen LogP contribution in [0.25, 0.3) is 22.3 Å². The van der Waals surface area contributed by atoms with Crippen LogP contribution in [0, 0.1) is 0 Å². The van der Waals surface area contributed by atoms with E-state index in [-0.39, 0.29) is 5.91 Å². The summed E-state index contributed by atoms with van der Waals surface area (Å²) < 4.78 is 2.29. The van der Waals surface area contributed by atoms with Gasteiger partial charge in [0.1, 0.15) is 11.5 Å². The minimum atomic E-state index is -0.150. The smallest absolute Gasteiger partial charge is 0.273 e. The standard InChI is InChI=1S/C29H27N5O/c1-2-34-25-10-6-5-9-24(25)31-26(34)18-13-19-11-15-21(16-12-19)30-29(35)28-23-17-14-20-7-3-4-8-22(20)27(23)32-33-28/h3-12,15-16H,2,13-14,17-18H2,1H3,(H,30,35)(H,32,33). The maximum absolute atomic E-state index is 13.0. The summed E-state index contributed by atoms with van der Waals surface area (Å²) in [6.07, 6.45) is 3.50. The highest BCUT2D eigenvalue weighted by Crippen LogP contribution is 2.33. The number of amides is 1. The first kappa shape index (κ1) is 21.4. The van der Waals surface area contributed by atoms with Gasteiger partial charge in [0.25, 0.3) is 5.91 Å². The number of nitrogens with one attached hydrogen (secondary N) is 2. The summed E-state index contributed by atoms with van der Waals surface area (Å²) in [5, 5.41) is 10.5. The lowest BCUT2D eigenvalue weighted by atomic mass is 9.89. The molecule has 0 unspecified atom stereocenters. The predicted molar refractivity (Wildman–Crippen MR) is 139 cm³/mol. The molecule has 2 N–H and O–H groups in total. The summed E-state index contributed by atoms with van der Waals surface area (Å²) in [5.74, 6) is 0.958. The molecule has 35 heavy (non-hydrogen) atoms. The van der Waals surface area contributed by atoms with Gasteiger partial charge in [-0.25, -0.2) is 4.98 Å². The summed E-state index contributed by atoms with van der Waals surface area (Å²) in [6.45, 7) is 3.06. The van der Waals surface area contributed by atoms with Crippen LogP contribution in [0.2, 0.25) is 0 Å². The van der Waals surface area contributed by atoms with Crippen molar-refractivity contribution in [1.82, 2.24) is 19.7 Å². The van der Waals surface area contributed by atoms with Gasteiger partial charge in [-0.3, -0.25) is 9.89 Å². The quantitative estimate of drug-likeness (QED) is 0.346. The van der Waals surface area contributed by atoms with E-state index in [0.717, 1.165) is 66.1 Å². The first-order valence-electron chi connectivity index (χ1n) is 12.2. The Labute approximate surface area is 204 Å². The number of nitrogens with zero attached hydrogens (tertiary/aromatic N) is 3. The Morgan fingerprint density at radius 3 is 2.63 bits per heavy atom. The number of carbonyl (C=O) groups is 1. The van der Waals surface area contributed by atoms with Gasteiger partial charge >= 0.3 is 0 Å². The molecule has 3 aromatic carbocycles. The summed E-state index contributed by atoms with van der Waals surface area (Å²) in [6, 6.07) is 24.6. The average Bonchev–Trinajstić information content (AvgIpc) is 3.49. The van der Waals surface area contributed by atoms with Gasteiger partial charge in [-0.05, 0) is 61.6 Å². The van der Waals surface area contributed by atoms with Gasteiger partial charge in [-0.2, -0.15) is 5.10 Å². The average molecular weight is 462 g/mol. The second kappa shape index (κ2) is 8.87. The molecule has 1 aliphatic carbocycles. The number of para-hydroxylation sites is 2. The fourth-order valence-corrected chi connectivity index (χ4v) is 5.12. The normalized spacial score (nSPS) is 12.4. The number of anilines is 1. The molecule has 5 aromatic rings. The van der Waals surface area contributed by atoms with Crippen molar-refractivity contribution in [3.05, 3.63) is 101 Å². The fraction of sp³-hybridized carbons (Fsp3) is 0.207. The zero-order valence-electron chi connectivity index (χ0n) is 19.7. The van der Waals surface area contributed by atoms with E-state index >= 15 is 0 Å². The maximum atomic E-state index is 13.0. The van der Waals surface area contributed by atoms with Crippen LogP contribution in [-0.4, -0.2) is 25.7 Å². The molecule has 1 amide bonds. The topological polar surface area (TPSA) is 75.6 Å². The Bertz CT molecular complexity index is 1530. The van der Waals surface area contributed by atoms with Crippen molar-refractivity contribution in [2.75, 3.05) is 5.32 Å². The molecular formula is C29H27N5O. The molecule has 2 aromatic heterocycles. The van der Waals surface area contributed by atoms with Gasteiger partial charge in [0.15, 0.2) is 0 Å². The van der Waals surface area contributed by atoms with Crippen molar-refractivity contribution >= 4 is 22.6 Å². The van der Waals surface area contributed by atoms with E-state index in [9.17, 15) is 4.79 Å². The Balaban J connectivity index is 1.14. The highest BCUT2D eigenvalue weighted by Gasteiger charge is 2.25. The summed E-state index contributed by atoms with van der Waals surface area (Å²) >= 11 is 0. The van der Waals surface area contributed by atoms with E-state index in [4.69, 9.17) is 4.98 Å². The van der Waals surface area contributed by atoms with Gasteiger partial charge < -0.3 is 9.88 Å². The number of aromatic nitrogens is 4. The fourth-order valence-electron chi connectivity index (χ4n) is 5.12. The number of benzene rings is 3. The largest absolute Gasteiger partial charge is 0.328 e. The van der Waals surface area contributed by atoms with Crippen molar-refractivity contribution in [3.63, 3.8) is 0 Å². The number of hydrogen-bond donors (Lipinski definition) is 2. The third kappa shape index (κ3) is 3.91. The second-order valence-corrected chi connectivity index (χ2v) is 8.99. The van der Waals surface area contributed by atoms with Crippen molar-refractivity contribution < 1.29 is 4.79 Å². The molecule has 0 aliphatic heterocycles. The molecule has 6 nitrogen and oxygen atoms in total. The van der Waals surface area contributed by atoms with Crippen molar-refractivity contribution in [1.29, 1.82) is 0 Å². The van der Waals surface area contributed by atoms with Crippen LogP contribution in [0.3, 0.4) is 0 Å². The summed E-state index contributed by atoms with van der Waals surface area (Å²) in [4.78, 5) is 17.8. The molecule has 1 aliphatic rings. The zero-order chi connectivity index (χ0) is 23.8. The zero-order valence-corrected chi connectivity index (χ0v) is 19.7. The third-order valence-electron chi connectivity index (χ3n) is 6.91. The molecule has 6 heteroatoms. The minimum absolute atomic E-state index is 0.150. The van der Waals surface area contributed by atoms with Crippen molar-refractivity contribution in [2.24, 2.45) is 0 Å². The van der Waals surface area contributed by atoms with Crippen LogP contribution in [0.4, 0.5) is 5.69 Å².